The van der Waals surface area contributed by atoms with Gasteiger partial charge in [0.1, 0.15) is 5.84 Å². The first-order valence-electron chi connectivity index (χ1n) is 11.8. The van der Waals surface area contributed by atoms with Crippen molar-refractivity contribution in [1.29, 1.82) is 5.41 Å². The molecule has 0 aromatic heterocycles. The van der Waals surface area contributed by atoms with E-state index in [9.17, 15) is 4.79 Å². The smallest absolute Gasteiger partial charge is 0.157 e. The predicted molar refractivity (Wildman–Crippen MR) is 114 cm³/mol. The lowest BCUT2D eigenvalue weighted by Gasteiger charge is -2.61. The highest BCUT2D eigenvalue weighted by Crippen LogP contribution is 2.67. The van der Waals surface area contributed by atoms with Crippen molar-refractivity contribution in [3.05, 3.63) is 0 Å². The van der Waals surface area contributed by atoms with Crippen molar-refractivity contribution >= 4 is 11.6 Å². The normalized spacial score (nSPS) is 47.6. The summed E-state index contributed by atoms with van der Waals surface area (Å²) in [5, 5.41) is 9.01. The molecule has 0 amide bonds. The number of rotatable bonds is 3. The Bertz CT molecular complexity index is 648. The quantitative estimate of drug-likeness (QED) is 0.309. The number of nitrogens with one attached hydrogen (secondary N) is 1. The van der Waals surface area contributed by atoms with Gasteiger partial charge in [-0.25, -0.2) is 5.84 Å². The molecule has 0 spiro atoms. The van der Waals surface area contributed by atoms with E-state index >= 15 is 0 Å². The van der Waals surface area contributed by atoms with Crippen LogP contribution in [0.3, 0.4) is 0 Å². The van der Waals surface area contributed by atoms with Crippen molar-refractivity contribution in [2.45, 2.75) is 85.5 Å². The molecule has 4 rings (SSSR count). The van der Waals surface area contributed by atoms with Crippen molar-refractivity contribution in [1.82, 2.24) is 5.01 Å². The van der Waals surface area contributed by atoms with E-state index < -0.39 is 0 Å². The fourth-order valence-electron chi connectivity index (χ4n) is 8.40. The van der Waals surface area contributed by atoms with Crippen LogP contribution in [-0.2, 0) is 4.79 Å². The summed E-state index contributed by atoms with van der Waals surface area (Å²) in [5.41, 5.74) is 0.699. The molecule has 28 heavy (non-hydrogen) atoms. The molecule has 0 saturated heterocycles. The number of carbonyl (C=O) groups excluding carboxylic acids is 1. The van der Waals surface area contributed by atoms with Gasteiger partial charge in [-0.3, -0.25) is 15.2 Å². The summed E-state index contributed by atoms with van der Waals surface area (Å²) in [6.07, 6.45) is 11.9. The predicted octanol–water partition coefficient (Wildman–Crippen LogP) is 5.02. The van der Waals surface area contributed by atoms with Gasteiger partial charge in [-0.05, 0) is 98.7 Å². The van der Waals surface area contributed by atoms with Crippen LogP contribution in [0.4, 0.5) is 0 Å². The summed E-state index contributed by atoms with van der Waals surface area (Å²) in [4.78, 5) is 13.1. The Hall–Kier alpha value is -0.900. The minimum atomic E-state index is 0.140. The van der Waals surface area contributed by atoms with Gasteiger partial charge in [-0.1, -0.05) is 27.2 Å². The zero-order valence-electron chi connectivity index (χ0n) is 18.5. The Morgan fingerprint density at radius 2 is 1.71 bits per heavy atom. The molecule has 0 radical (unpaired) electrons. The van der Waals surface area contributed by atoms with Gasteiger partial charge in [0.05, 0.1) is 6.54 Å². The Kier molecular flexibility index (Phi) is 5.17. The second-order valence-electron chi connectivity index (χ2n) is 11.4. The number of fused-ring (bicyclic) bond motifs is 5. The molecule has 3 N–H and O–H groups in total. The van der Waals surface area contributed by atoms with E-state index in [-0.39, 0.29) is 29.5 Å². The van der Waals surface area contributed by atoms with Crippen LogP contribution in [0.2, 0.25) is 0 Å². The lowest BCUT2D eigenvalue weighted by atomic mass is 9.44. The SMILES string of the molecule is CC(=N)N(N)CC(=O)C1CCC2C3CCC4CC(C)CCC4(C)C3CCC12C. The van der Waals surface area contributed by atoms with Crippen molar-refractivity contribution in [2.75, 3.05) is 6.54 Å². The van der Waals surface area contributed by atoms with Crippen LogP contribution in [0.25, 0.3) is 0 Å². The number of Topliss-reactive ketones (excluding diaryl/α,β-unsaturated/α-hetero) is 1. The van der Waals surface area contributed by atoms with Gasteiger partial charge in [0.15, 0.2) is 5.78 Å². The summed E-state index contributed by atoms with van der Waals surface area (Å²) in [7, 11) is 0. The van der Waals surface area contributed by atoms with Crippen molar-refractivity contribution in [3.8, 4) is 0 Å². The molecule has 8 atom stereocenters. The Morgan fingerprint density at radius 3 is 2.43 bits per heavy atom. The molecular formula is C24H41N3O. The molecule has 4 saturated carbocycles. The molecule has 158 valence electrons. The number of amidine groups is 1. The standard InChI is InChI=1S/C24H41N3O/c1-15-9-11-23(3)17(13-15)5-6-18-19-7-8-21(22(28)14-27(26)16(2)25)24(19,4)12-10-20(18)23/h15,17-21,25H,5-14,26H2,1-4H3. The number of nitrogens with two attached hydrogens (primary N) is 1. The van der Waals surface area contributed by atoms with Crippen LogP contribution in [0.1, 0.15) is 85.5 Å². The summed E-state index contributed by atoms with van der Waals surface area (Å²) in [6.45, 7) is 9.35. The topological polar surface area (TPSA) is 70.2 Å². The van der Waals surface area contributed by atoms with E-state index in [1.807, 2.05) is 0 Å². The van der Waals surface area contributed by atoms with E-state index in [0.717, 1.165) is 30.1 Å². The van der Waals surface area contributed by atoms with Crippen molar-refractivity contribution < 1.29 is 4.79 Å². The van der Waals surface area contributed by atoms with Gasteiger partial charge < -0.3 is 0 Å². The first kappa shape index (κ1) is 20.4. The highest BCUT2D eigenvalue weighted by atomic mass is 16.1. The molecule has 0 aliphatic heterocycles. The van der Waals surface area contributed by atoms with E-state index in [1.54, 1.807) is 6.92 Å². The minimum absolute atomic E-state index is 0.140. The lowest BCUT2D eigenvalue weighted by Crippen LogP contribution is -2.54. The highest BCUT2D eigenvalue weighted by molar-refractivity contribution is 5.88. The number of hydrogen-bond acceptors (Lipinski definition) is 3. The largest absolute Gasteiger partial charge is 0.297 e. The van der Waals surface area contributed by atoms with Gasteiger partial charge in [-0.2, -0.15) is 0 Å². The fraction of sp³-hybridized carbons (Fsp3) is 0.917. The maximum Gasteiger partial charge on any atom is 0.157 e. The average Bonchev–Trinajstić information content (AvgIpc) is 2.99. The van der Waals surface area contributed by atoms with Gasteiger partial charge >= 0.3 is 0 Å². The van der Waals surface area contributed by atoms with Crippen LogP contribution in [0.5, 0.6) is 0 Å². The molecular weight excluding hydrogens is 346 g/mol. The molecule has 8 unspecified atom stereocenters. The first-order valence-corrected chi connectivity index (χ1v) is 11.8. The lowest BCUT2D eigenvalue weighted by molar-refractivity contribution is -0.137. The third-order valence-electron chi connectivity index (χ3n) is 10.1. The zero-order valence-corrected chi connectivity index (χ0v) is 18.5. The summed E-state index contributed by atoms with van der Waals surface area (Å²) in [6, 6.07) is 0. The third kappa shape index (κ3) is 3.05. The second-order valence-corrected chi connectivity index (χ2v) is 11.4. The monoisotopic (exact) mass is 387 g/mol. The van der Waals surface area contributed by atoms with Crippen LogP contribution < -0.4 is 5.84 Å². The summed E-state index contributed by atoms with van der Waals surface area (Å²) >= 11 is 0. The van der Waals surface area contributed by atoms with Crippen LogP contribution in [-0.4, -0.2) is 23.2 Å². The number of hydrogen-bond donors (Lipinski definition) is 2. The third-order valence-corrected chi connectivity index (χ3v) is 10.1. The van der Waals surface area contributed by atoms with Crippen LogP contribution >= 0.6 is 0 Å². The van der Waals surface area contributed by atoms with Gasteiger partial charge in [0.25, 0.3) is 0 Å². The maximum absolute atomic E-state index is 13.1. The van der Waals surface area contributed by atoms with Crippen molar-refractivity contribution in [2.24, 2.45) is 52.2 Å². The van der Waals surface area contributed by atoms with Gasteiger partial charge in [0, 0.05) is 5.92 Å². The summed E-state index contributed by atoms with van der Waals surface area (Å²) < 4.78 is 0. The van der Waals surface area contributed by atoms with E-state index in [2.05, 4.69) is 20.8 Å². The first-order chi connectivity index (χ1) is 13.2. The van der Waals surface area contributed by atoms with Crippen LogP contribution in [0, 0.1) is 51.7 Å². The molecule has 0 heterocycles. The second kappa shape index (κ2) is 7.11. The number of nitrogens with zero attached hydrogens (tertiary/aromatic N) is 1. The summed E-state index contributed by atoms with van der Waals surface area (Å²) in [5.74, 6) is 10.8. The highest BCUT2D eigenvalue weighted by Gasteiger charge is 2.60. The van der Waals surface area contributed by atoms with Crippen LogP contribution in [0.15, 0.2) is 0 Å². The number of hydrazine groups is 1. The van der Waals surface area contributed by atoms with E-state index in [0.29, 0.717) is 11.3 Å². The maximum atomic E-state index is 13.1. The van der Waals surface area contributed by atoms with Crippen molar-refractivity contribution in [3.63, 3.8) is 0 Å². The Morgan fingerprint density at radius 1 is 1.04 bits per heavy atom. The minimum Gasteiger partial charge on any atom is -0.297 e. The Labute approximate surface area is 171 Å². The molecule has 0 aromatic carbocycles. The molecule has 4 aliphatic carbocycles. The van der Waals surface area contributed by atoms with Gasteiger partial charge in [-0.15, -0.1) is 0 Å². The molecule has 4 heteroatoms. The number of ketones is 1. The zero-order chi connectivity index (χ0) is 20.3. The van der Waals surface area contributed by atoms with E-state index in [4.69, 9.17) is 11.3 Å². The molecule has 4 nitrogen and oxygen atoms in total. The molecule has 4 fully saturated rings. The Balaban J connectivity index is 1.52. The molecule has 4 aliphatic rings. The number of carbonyl (C=O) groups is 1. The fourth-order valence-corrected chi connectivity index (χ4v) is 8.40. The van der Waals surface area contributed by atoms with E-state index in [1.165, 1.54) is 56.4 Å². The molecule has 0 bridgehead atoms. The average molecular weight is 388 g/mol. The molecule has 0 aromatic rings. The van der Waals surface area contributed by atoms with Gasteiger partial charge in [0.2, 0.25) is 0 Å².